The fourth-order valence-corrected chi connectivity index (χ4v) is 2.55. The van der Waals surface area contributed by atoms with Crippen molar-refractivity contribution in [2.45, 2.75) is 26.3 Å². The molecule has 0 aliphatic carbocycles. The van der Waals surface area contributed by atoms with Gasteiger partial charge >= 0.3 is 5.97 Å². The molecule has 0 radical (unpaired) electrons. The first-order chi connectivity index (χ1) is 9.69. The summed E-state index contributed by atoms with van der Waals surface area (Å²) in [4.78, 5) is 12.3. The van der Waals surface area contributed by atoms with Crippen molar-refractivity contribution in [3.8, 4) is 0 Å². The molecule has 0 aliphatic heterocycles. The van der Waals surface area contributed by atoms with Gasteiger partial charge in [0.2, 0.25) is 0 Å². The molecule has 1 unspecified atom stereocenters. The molecular weight excluding hydrogens is 322 g/mol. The highest BCUT2D eigenvalue weighted by Gasteiger charge is 2.30. The zero-order valence-electron chi connectivity index (χ0n) is 11.4. The fourth-order valence-electron chi connectivity index (χ4n) is 2.04. The summed E-state index contributed by atoms with van der Waals surface area (Å²) in [5.41, 5.74) is 0.827. The maximum absolute atomic E-state index is 12.3. The number of halogens is 1. The summed E-state index contributed by atoms with van der Waals surface area (Å²) in [6.45, 7) is 4.80. The second-order valence-electron chi connectivity index (χ2n) is 4.18. The largest absolute Gasteiger partial charge is 0.465 e. The Morgan fingerprint density at radius 1 is 1.40 bits per heavy atom. The monoisotopic (exact) mass is 337 g/mol. The molecule has 1 heterocycles. The third-order valence-electron chi connectivity index (χ3n) is 2.98. The molecule has 0 saturated heterocycles. The number of carbonyl (C=O) groups is 1. The molecule has 6 heteroatoms. The quantitative estimate of drug-likeness (QED) is 0.787. The van der Waals surface area contributed by atoms with Gasteiger partial charge in [0, 0.05) is 11.0 Å². The minimum absolute atomic E-state index is 0.317. The molecule has 2 aromatic rings. The van der Waals surface area contributed by atoms with E-state index in [1.807, 2.05) is 35.8 Å². The van der Waals surface area contributed by atoms with Crippen LogP contribution in [0.3, 0.4) is 0 Å². The maximum Gasteiger partial charge on any atom is 0.321 e. The van der Waals surface area contributed by atoms with Gasteiger partial charge in [0.25, 0.3) is 0 Å². The van der Waals surface area contributed by atoms with Crippen LogP contribution in [0.2, 0.25) is 0 Å². The predicted molar refractivity (Wildman–Crippen MR) is 78.3 cm³/mol. The third kappa shape index (κ3) is 2.90. The van der Waals surface area contributed by atoms with Gasteiger partial charge in [0.15, 0.2) is 5.82 Å². The lowest BCUT2D eigenvalue weighted by Crippen LogP contribution is -2.21. The van der Waals surface area contributed by atoms with Crippen LogP contribution in [0.15, 0.2) is 35.1 Å². The van der Waals surface area contributed by atoms with Crippen LogP contribution in [0.1, 0.15) is 31.2 Å². The molecular formula is C14H16BrN3O2. The van der Waals surface area contributed by atoms with Crippen LogP contribution in [0.4, 0.5) is 0 Å². The number of nitrogens with zero attached hydrogens (tertiary/aromatic N) is 3. The van der Waals surface area contributed by atoms with E-state index in [1.54, 1.807) is 13.3 Å². The van der Waals surface area contributed by atoms with Gasteiger partial charge in [-0.15, -0.1) is 10.2 Å². The molecule has 1 aromatic carbocycles. The van der Waals surface area contributed by atoms with Gasteiger partial charge in [-0.3, -0.25) is 4.79 Å². The van der Waals surface area contributed by atoms with Crippen molar-refractivity contribution in [2.24, 2.45) is 0 Å². The van der Waals surface area contributed by atoms with E-state index in [4.69, 9.17) is 4.74 Å². The number of aryl methyl sites for hydroxylation is 1. The molecule has 1 aromatic heterocycles. The second-order valence-corrected chi connectivity index (χ2v) is 5.04. The zero-order chi connectivity index (χ0) is 14.5. The normalized spacial score (nSPS) is 12.2. The molecule has 0 N–H and O–H groups in total. The van der Waals surface area contributed by atoms with Gasteiger partial charge < -0.3 is 9.30 Å². The first-order valence-corrected chi connectivity index (χ1v) is 7.27. The Labute approximate surface area is 126 Å². The first kappa shape index (κ1) is 14.7. The number of benzene rings is 1. The molecule has 0 fully saturated rings. The van der Waals surface area contributed by atoms with Crippen LogP contribution < -0.4 is 0 Å². The average Bonchev–Trinajstić information content (AvgIpc) is 2.90. The van der Waals surface area contributed by atoms with E-state index in [-0.39, 0.29) is 5.97 Å². The topological polar surface area (TPSA) is 57.0 Å². The number of ether oxygens (including phenoxy) is 1. The molecule has 5 nitrogen and oxygen atoms in total. The summed E-state index contributed by atoms with van der Waals surface area (Å²) in [5.74, 6) is -0.298. The number of esters is 1. The Balaban J connectivity index is 2.51. The number of hydrogen-bond donors (Lipinski definition) is 0. The van der Waals surface area contributed by atoms with Crippen LogP contribution in [-0.4, -0.2) is 27.3 Å². The van der Waals surface area contributed by atoms with E-state index in [0.29, 0.717) is 19.0 Å². The number of hydrogen-bond acceptors (Lipinski definition) is 4. The molecule has 0 aliphatic rings. The van der Waals surface area contributed by atoms with Crippen LogP contribution in [0.25, 0.3) is 0 Å². The van der Waals surface area contributed by atoms with Crippen molar-refractivity contribution in [1.29, 1.82) is 0 Å². The Hall–Kier alpha value is -1.69. The standard InChI is InChI=1S/C14H16BrN3O2/c1-3-18-9-16-17-13(18)12(14(19)20-4-2)10-7-5-6-8-11(10)15/h5-9,12H,3-4H2,1-2H3. The van der Waals surface area contributed by atoms with Crippen molar-refractivity contribution in [1.82, 2.24) is 14.8 Å². The van der Waals surface area contributed by atoms with Crippen LogP contribution in [0.5, 0.6) is 0 Å². The third-order valence-corrected chi connectivity index (χ3v) is 3.71. The molecule has 0 amide bonds. The highest BCUT2D eigenvalue weighted by Crippen LogP contribution is 2.30. The van der Waals surface area contributed by atoms with Gasteiger partial charge in [-0.25, -0.2) is 0 Å². The Morgan fingerprint density at radius 3 is 2.80 bits per heavy atom. The summed E-state index contributed by atoms with van der Waals surface area (Å²) in [6.07, 6.45) is 1.62. The highest BCUT2D eigenvalue weighted by molar-refractivity contribution is 9.10. The second kappa shape index (κ2) is 6.65. The van der Waals surface area contributed by atoms with Gasteiger partial charge in [-0.05, 0) is 25.5 Å². The molecule has 1 atom stereocenters. The Kier molecular flexibility index (Phi) is 4.89. The lowest BCUT2D eigenvalue weighted by atomic mass is 9.98. The highest BCUT2D eigenvalue weighted by atomic mass is 79.9. The van der Waals surface area contributed by atoms with E-state index in [1.165, 1.54) is 0 Å². The lowest BCUT2D eigenvalue weighted by Gasteiger charge is -2.17. The van der Waals surface area contributed by atoms with E-state index < -0.39 is 5.92 Å². The zero-order valence-corrected chi connectivity index (χ0v) is 13.0. The molecule has 20 heavy (non-hydrogen) atoms. The van der Waals surface area contributed by atoms with Crippen molar-refractivity contribution < 1.29 is 9.53 Å². The van der Waals surface area contributed by atoms with E-state index in [2.05, 4.69) is 26.1 Å². The summed E-state index contributed by atoms with van der Waals surface area (Å²) in [7, 11) is 0. The van der Waals surface area contributed by atoms with Crippen molar-refractivity contribution >= 4 is 21.9 Å². The first-order valence-electron chi connectivity index (χ1n) is 6.47. The lowest BCUT2D eigenvalue weighted by molar-refractivity contribution is -0.144. The smallest absolute Gasteiger partial charge is 0.321 e. The number of aromatic nitrogens is 3. The SMILES string of the molecule is CCOC(=O)C(c1ccccc1Br)c1nncn1CC. The van der Waals surface area contributed by atoms with E-state index >= 15 is 0 Å². The Bertz CT molecular complexity index is 598. The minimum Gasteiger partial charge on any atom is -0.465 e. The summed E-state index contributed by atoms with van der Waals surface area (Å²) in [5, 5.41) is 8.00. The molecule has 2 rings (SSSR count). The summed E-state index contributed by atoms with van der Waals surface area (Å²) < 4.78 is 7.89. The fraction of sp³-hybridized carbons (Fsp3) is 0.357. The van der Waals surface area contributed by atoms with Crippen molar-refractivity contribution in [2.75, 3.05) is 6.61 Å². The average molecular weight is 338 g/mol. The minimum atomic E-state index is -0.576. The summed E-state index contributed by atoms with van der Waals surface area (Å²) >= 11 is 3.48. The summed E-state index contributed by atoms with van der Waals surface area (Å²) in [6, 6.07) is 7.58. The van der Waals surface area contributed by atoms with Gasteiger partial charge in [-0.2, -0.15) is 0 Å². The Morgan fingerprint density at radius 2 is 2.15 bits per heavy atom. The van der Waals surface area contributed by atoms with E-state index in [9.17, 15) is 4.79 Å². The predicted octanol–water partition coefficient (Wildman–Crippen LogP) is 2.76. The van der Waals surface area contributed by atoms with E-state index in [0.717, 1.165) is 10.0 Å². The van der Waals surface area contributed by atoms with Crippen LogP contribution >= 0.6 is 15.9 Å². The van der Waals surface area contributed by atoms with Crippen LogP contribution in [-0.2, 0) is 16.1 Å². The van der Waals surface area contributed by atoms with Gasteiger partial charge in [-0.1, -0.05) is 34.1 Å². The van der Waals surface area contributed by atoms with Gasteiger partial charge in [0.05, 0.1) is 6.61 Å². The molecule has 106 valence electrons. The molecule has 0 saturated carbocycles. The maximum atomic E-state index is 12.3. The van der Waals surface area contributed by atoms with Crippen molar-refractivity contribution in [3.63, 3.8) is 0 Å². The van der Waals surface area contributed by atoms with Crippen LogP contribution in [0, 0.1) is 0 Å². The van der Waals surface area contributed by atoms with Gasteiger partial charge in [0.1, 0.15) is 12.2 Å². The number of carbonyl (C=O) groups excluding carboxylic acids is 1. The molecule has 0 bridgehead atoms. The number of rotatable bonds is 5. The molecule has 0 spiro atoms. The van der Waals surface area contributed by atoms with Crippen molar-refractivity contribution in [3.05, 3.63) is 46.5 Å².